The molecule has 0 spiro atoms. The van der Waals surface area contributed by atoms with Gasteiger partial charge in [0.05, 0.1) is 4.92 Å². The van der Waals surface area contributed by atoms with Gasteiger partial charge >= 0.3 is 0 Å². The Hall–Kier alpha value is -3.12. The molecule has 0 unspecified atom stereocenters. The zero-order chi connectivity index (χ0) is 16.8. The van der Waals surface area contributed by atoms with Gasteiger partial charge in [-0.25, -0.2) is 0 Å². The maximum Gasteiger partial charge on any atom is 0.281 e. The third kappa shape index (κ3) is 1.93. The summed E-state index contributed by atoms with van der Waals surface area (Å²) in [5, 5.41) is 13.2. The fourth-order valence-corrected chi connectivity index (χ4v) is 3.75. The second-order valence-electron chi connectivity index (χ2n) is 5.32. The summed E-state index contributed by atoms with van der Waals surface area (Å²) in [4.78, 5) is 37.4. The van der Waals surface area contributed by atoms with Crippen molar-refractivity contribution in [3.05, 3.63) is 86.3 Å². The SMILES string of the molecule is O=C1c2ccccc2C(=O)c2c([N+](=O)[O-])ccc(-c3cccs3)c21. The van der Waals surface area contributed by atoms with Crippen molar-refractivity contribution in [2.75, 3.05) is 0 Å². The Labute approximate surface area is 140 Å². The molecule has 116 valence electrons. The van der Waals surface area contributed by atoms with Crippen LogP contribution in [0.4, 0.5) is 5.69 Å². The Morgan fingerprint density at radius 3 is 2.04 bits per heavy atom. The molecule has 0 bridgehead atoms. The van der Waals surface area contributed by atoms with Crippen molar-refractivity contribution in [3.8, 4) is 10.4 Å². The molecule has 1 aliphatic carbocycles. The lowest BCUT2D eigenvalue weighted by Gasteiger charge is -2.19. The van der Waals surface area contributed by atoms with Crippen LogP contribution in [-0.4, -0.2) is 16.5 Å². The molecule has 4 rings (SSSR count). The number of hydrogen-bond donors (Lipinski definition) is 0. The Morgan fingerprint density at radius 2 is 1.46 bits per heavy atom. The fourth-order valence-electron chi connectivity index (χ4n) is 3.00. The molecule has 0 saturated carbocycles. The molecule has 3 aromatic rings. The maximum absolute atomic E-state index is 13.0. The lowest BCUT2D eigenvalue weighted by atomic mass is 9.80. The van der Waals surface area contributed by atoms with E-state index in [-0.39, 0.29) is 33.7 Å². The van der Waals surface area contributed by atoms with Crippen LogP contribution in [0.5, 0.6) is 0 Å². The Morgan fingerprint density at radius 1 is 0.792 bits per heavy atom. The molecule has 1 aromatic heterocycles. The first kappa shape index (κ1) is 14.5. The number of fused-ring (bicyclic) bond motifs is 2. The number of carbonyl (C=O) groups excluding carboxylic acids is 2. The molecule has 0 fully saturated rings. The largest absolute Gasteiger partial charge is 0.289 e. The summed E-state index contributed by atoms with van der Waals surface area (Å²) < 4.78 is 0. The molecule has 24 heavy (non-hydrogen) atoms. The van der Waals surface area contributed by atoms with Gasteiger partial charge in [-0.3, -0.25) is 19.7 Å². The Bertz CT molecular complexity index is 1020. The Kier molecular flexibility index (Phi) is 3.14. The second kappa shape index (κ2) is 5.21. The van der Waals surface area contributed by atoms with Gasteiger partial charge in [0.2, 0.25) is 5.78 Å². The number of thiophene rings is 1. The molecule has 0 N–H and O–H groups in total. The van der Waals surface area contributed by atoms with Crippen molar-refractivity contribution in [2.45, 2.75) is 0 Å². The first-order valence-electron chi connectivity index (χ1n) is 7.13. The number of hydrogen-bond acceptors (Lipinski definition) is 5. The van der Waals surface area contributed by atoms with Gasteiger partial charge in [0.1, 0.15) is 5.56 Å². The van der Waals surface area contributed by atoms with E-state index in [0.717, 1.165) is 4.88 Å². The van der Waals surface area contributed by atoms with Gasteiger partial charge in [-0.15, -0.1) is 11.3 Å². The van der Waals surface area contributed by atoms with Gasteiger partial charge in [0.25, 0.3) is 5.69 Å². The monoisotopic (exact) mass is 335 g/mol. The standard InChI is InChI=1S/C18H9NO4S/c20-17-10-4-1-2-5-11(10)18(21)16-13(19(22)23)8-7-12(15(16)17)14-6-3-9-24-14/h1-9H. The van der Waals surface area contributed by atoms with E-state index in [4.69, 9.17) is 0 Å². The van der Waals surface area contributed by atoms with Crippen LogP contribution in [-0.2, 0) is 0 Å². The van der Waals surface area contributed by atoms with Crippen LogP contribution < -0.4 is 0 Å². The lowest BCUT2D eigenvalue weighted by Crippen LogP contribution is -2.23. The quantitative estimate of drug-likeness (QED) is 0.408. The van der Waals surface area contributed by atoms with E-state index in [9.17, 15) is 19.7 Å². The third-order valence-corrected chi connectivity index (χ3v) is 4.94. The second-order valence-corrected chi connectivity index (χ2v) is 6.27. The zero-order valence-corrected chi connectivity index (χ0v) is 13.0. The summed E-state index contributed by atoms with van der Waals surface area (Å²) >= 11 is 1.41. The number of nitrogens with zero attached hydrogens (tertiary/aromatic N) is 1. The predicted molar refractivity (Wildman–Crippen MR) is 89.7 cm³/mol. The third-order valence-electron chi connectivity index (χ3n) is 4.04. The number of rotatable bonds is 2. The maximum atomic E-state index is 13.0. The number of benzene rings is 2. The molecule has 1 aliphatic rings. The van der Waals surface area contributed by atoms with Gasteiger partial charge in [0.15, 0.2) is 5.78 Å². The summed E-state index contributed by atoms with van der Waals surface area (Å²) in [7, 11) is 0. The highest BCUT2D eigenvalue weighted by Gasteiger charge is 2.37. The number of ketones is 2. The normalized spacial score (nSPS) is 12.7. The van der Waals surface area contributed by atoms with Gasteiger partial charge in [-0.1, -0.05) is 30.3 Å². The van der Waals surface area contributed by atoms with Gasteiger partial charge in [0, 0.05) is 33.2 Å². The van der Waals surface area contributed by atoms with Crippen molar-refractivity contribution in [1.82, 2.24) is 0 Å². The van der Waals surface area contributed by atoms with E-state index in [1.807, 2.05) is 17.5 Å². The van der Waals surface area contributed by atoms with Crippen LogP contribution in [0.15, 0.2) is 53.9 Å². The summed E-state index contributed by atoms with van der Waals surface area (Å²) in [6.07, 6.45) is 0. The predicted octanol–water partition coefficient (Wildman–Crippen LogP) is 4.10. The molecule has 0 aliphatic heterocycles. The first-order chi connectivity index (χ1) is 11.6. The van der Waals surface area contributed by atoms with Crippen LogP contribution in [0.25, 0.3) is 10.4 Å². The van der Waals surface area contributed by atoms with Crippen LogP contribution in [0, 0.1) is 10.1 Å². The highest BCUT2D eigenvalue weighted by molar-refractivity contribution is 7.13. The first-order valence-corrected chi connectivity index (χ1v) is 8.01. The molecule has 0 amide bonds. The van der Waals surface area contributed by atoms with E-state index < -0.39 is 10.7 Å². The highest BCUT2D eigenvalue weighted by Crippen LogP contribution is 2.40. The minimum absolute atomic E-state index is 0.116. The molecule has 0 atom stereocenters. The van der Waals surface area contributed by atoms with Crippen LogP contribution in [0.2, 0.25) is 0 Å². The van der Waals surface area contributed by atoms with Crippen molar-refractivity contribution in [3.63, 3.8) is 0 Å². The van der Waals surface area contributed by atoms with Crippen LogP contribution >= 0.6 is 11.3 Å². The molecule has 0 radical (unpaired) electrons. The minimum Gasteiger partial charge on any atom is -0.289 e. The van der Waals surface area contributed by atoms with Crippen LogP contribution in [0.3, 0.4) is 0 Å². The molecule has 1 heterocycles. The van der Waals surface area contributed by atoms with Crippen LogP contribution in [0.1, 0.15) is 31.8 Å². The van der Waals surface area contributed by atoms with Gasteiger partial charge < -0.3 is 0 Å². The Balaban J connectivity index is 2.11. The number of nitro benzene ring substituents is 1. The topological polar surface area (TPSA) is 77.3 Å². The van der Waals surface area contributed by atoms with Crippen molar-refractivity contribution < 1.29 is 14.5 Å². The molecule has 2 aromatic carbocycles. The highest BCUT2D eigenvalue weighted by atomic mass is 32.1. The summed E-state index contributed by atoms with van der Waals surface area (Å²) in [6.45, 7) is 0. The number of carbonyl (C=O) groups is 2. The van der Waals surface area contributed by atoms with Gasteiger partial charge in [-0.2, -0.15) is 0 Å². The smallest absolute Gasteiger partial charge is 0.281 e. The number of nitro groups is 1. The van der Waals surface area contributed by atoms with E-state index in [0.29, 0.717) is 5.56 Å². The summed E-state index contributed by atoms with van der Waals surface area (Å²) in [5.41, 5.74) is 0.719. The lowest BCUT2D eigenvalue weighted by molar-refractivity contribution is -0.385. The average molecular weight is 335 g/mol. The molecular weight excluding hydrogens is 326 g/mol. The molecule has 0 saturated heterocycles. The summed E-state index contributed by atoms with van der Waals surface area (Å²) in [6, 6.07) is 12.9. The molecule has 6 heteroatoms. The van der Waals surface area contributed by atoms with Crippen molar-refractivity contribution in [1.29, 1.82) is 0 Å². The zero-order valence-electron chi connectivity index (χ0n) is 12.2. The molecular formula is C18H9NO4S. The minimum atomic E-state index is -0.615. The van der Waals surface area contributed by atoms with E-state index in [2.05, 4.69) is 0 Å². The van der Waals surface area contributed by atoms with E-state index in [1.54, 1.807) is 24.3 Å². The van der Waals surface area contributed by atoms with Crippen molar-refractivity contribution >= 4 is 28.6 Å². The van der Waals surface area contributed by atoms with E-state index >= 15 is 0 Å². The van der Waals surface area contributed by atoms with E-state index in [1.165, 1.54) is 23.5 Å². The fraction of sp³-hybridized carbons (Fsp3) is 0. The average Bonchev–Trinajstić information content (AvgIpc) is 3.12. The van der Waals surface area contributed by atoms with Gasteiger partial charge in [-0.05, 0) is 17.5 Å². The van der Waals surface area contributed by atoms with Crippen molar-refractivity contribution in [2.24, 2.45) is 0 Å². The molecule has 5 nitrogen and oxygen atoms in total. The summed E-state index contributed by atoms with van der Waals surface area (Å²) in [5.74, 6) is -0.836.